The Hall–Kier alpha value is -7.59. The SMILES string of the molecule is CCCCCOc1ccc(-c2ccc(-c3ccc(C(=O)N[C@@H]4C[C@H](O)[C@@H](OCCCCN)NC(=O)[C@@H]5[C@@H](O)[C@@H](C)CN5C(=O)[C@H]([C@@H](C)O)NC(=O)[C@H]([C@H](O)[C@@H](O)c5ccc(O)cc5)NC(=O)[C@@H]5C[C@@H](O)CN5C(=O)[C@H]([C@@H](C)O)NC4=O)cc3)cc2)cc1. The minimum absolute atomic E-state index is 0.0412. The predicted octanol–water partition coefficient (Wildman–Crippen LogP) is -0.164. The number of nitrogens with zero attached hydrogens (tertiary/aromatic N) is 2. The zero-order valence-corrected chi connectivity index (χ0v) is 49.1. The van der Waals surface area contributed by atoms with Gasteiger partial charge in [0.2, 0.25) is 35.4 Å². The number of carbonyl (C=O) groups excluding carboxylic acids is 7. The fourth-order valence-electron chi connectivity index (χ4n) is 10.8. The summed E-state index contributed by atoms with van der Waals surface area (Å²) in [4.78, 5) is 104. The Balaban J connectivity index is 1.22. The van der Waals surface area contributed by atoms with E-state index in [0.717, 1.165) is 70.9 Å². The summed E-state index contributed by atoms with van der Waals surface area (Å²) in [6, 6.07) is 15.2. The van der Waals surface area contributed by atoms with Crippen LogP contribution >= 0.6 is 0 Å². The molecule has 0 aliphatic carbocycles. The standard InChI is InChI=1S/C62H82N8O17/c1-5-6-8-27-86-44-24-20-39(21-25-44)37-12-10-36(11-13-37)38-14-16-41(17-15-38)55(79)64-45-30-47(75)60(87-28-9-7-26-63)68-59(83)51-52(76)33(2)31-70(51)62(85)49(35(4)72)66-58(82)50(54(78)53(77)40-18-22-42(73)23-19-40)67-57(81)46-29-43(74)32-69(46)61(84)48(34(3)71)65-56(45)80/h10-25,33-35,43,45-54,60,71-78H,5-9,26-32,63H2,1-4H3,(H,64,79)(H,65,80)(H,66,82)(H,67,81)(H,68,83)/t33-,34+,35+,43+,45+,46-,47-,48-,49-,50-,51-,52-,53-,54-,60+/m0/s1. The monoisotopic (exact) mass is 1210 g/mol. The maximum Gasteiger partial charge on any atom is 0.251 e. The van der Waals surface area contributed by atoms with Crippen LogP contribution < -0.4 is 37.1 Å². The number of nitrogens with two attached hydrogens (primary N) is 1. The van der Waals surface area contributed by atoms with Gasteiger partial charge in [-0.15, -0.1) is 0 Å². The molecule has 472 valence electrons. The van der Waals surface area contributed by atoms with Crippen molar-refractivity contribution < 1.29 is 83.9 Å². The molecule has 0 spiro atoms. The topological polar surface area (TPSA) is 392 Å². The van der Waals surface area contributed by atoms with Gasteiger partial charge in [0.15, 0.2) is 6.23 Å². The van der Waals surface area contributed by atoms with Crippen molar-refractivity contribution in [3.8, 4) is 33.8 Å². The number of hydrogen-bond acceptors (Lipinski definition) is 18. The van der Waals surface area contributed by atoms with Crippen molar-refractivity contribution in [3.05, 3.63) is 108 Å². The molecule has 0 saturated carbocycles. The predicted molar refractivity (Wildman–Crippen MR) is 315 cm³/mol. The van der Waals surface area contributed by atoms with E-state index in [9.17, 15) is 74.4 Å². The number of unbranched alkanes of at least 4 members (excludes halogenated alkanes) is 3. The first-order valence-corrected chi connectivity index (χ1v) is 29.5. The molecule has 3 aliphatic heterocycles. The molecule has 0 unspecified atom stereocenters. The summed E-state index contributed by atoms with van der Waals surface area (Å²) < 4.78 is 11.9. The molecule has 7 rings (SSSR count). The maximum atomic E-state index is 14.7. The average molecular weight is 1210 g/mol. The molecule has 87 heavy (non-hydrogen) atoms. The number of carbonyl (C=O) groups is 7. The number of ether oxygens (including phenoxy) is 2. The van der Waals surface area contributed by atoms with Gasteiger partial charge >= 0.3 is 0 Å². The fourth-order valence-corrected chi connectivity index (χ4v) is 10.8. The van der Waals surface area contributed by atoms with E-state index in [-0.39, 0.29) is 36.6 Å². The lowest BCUT2D eigenvalue weighted by atomic mass is 9.96. The third-order valence-electron chi connectivity index (χ3n) is 15.9. The van der Waals surface area contributed by atoms with Gasteiger partial charge in [-0.05, 0) is 104 Å². The van der Waals surface area contributed by atoms with Crippen molar-refractivity contribution in [3.63, 3.8) is 0 Å². The minimum Gasteiger partial charge on any atom is -0.508 e. The highest BCUT2D eigenvalue weighted by atomic mass is 16.5. The molecule has 3 heterocycles. The van der Waals surface area contributed by atoms with Crippen molar-refractivity contribution in [2.75, 3.05) is 32.8 Å². The normalized spacial score (nSPS) is 26.6. The number of aliphatic hydroxyl groups excluding tert-OH is 7. The third-order valence-corrected chi connectivity index (χ3v) is 15.9. The second-order valence-electron chi connectivity index (χ2n) is 22.6. The van der Waals surface area contributed by atoms with Crippen molar-refractivity contribution in [2.45, 2.75) is 158 Å². The number of aliphatic hydroxyl groups is 7. The number of rotatable bonds is 19. The first kappa shape index (κ1) is 66.9. The van der Waals surface area contributed by atoms with E-state index in [1.807, 2.05) is 48.5 Å². The van der Waals surface area contributed by atoms with Crippen LogP contribution in [0.3, 0.4) is 0 Å². The Morgan fingerprint density at radius 3 is 1.76 bits per heavy atom. The summed E-state index contributed by atoms with van der Waals surface area (Å²) in [5, 5.41) is 102. The van der Waals surface area contributed by atoms with Gasteiger partial charge in [0, 0.05) is 44.0 Å². The Kier molecular flexibility index (Phi) is 23.7. The molecule has 0 bridgehead atoms. The lowest BCUT2D eigenvalue weighted by Crippen LogP contribution is -2.64. The van der Waals surface area contributed by atoms with Crippen LogP contribution in [-0.4, -0.2) is 204 Å². The summed E-state index contributed by atoms with van der Waals surface area (Å²) in [5.74, 6) is -8.29. The summed E-state index contributed by atoms with van der Waals surface area (Å²) >= 11 is 0. The van der Waals surface area contributed by atoms with Crippen molar-refractivity contribution in [1.82, 2.24) is 36.4 Å². The molecule has 15 atom stereocenters. The quantitative estimate of drug-likeness (QED) is 0.0542. The highest BCUT2D eigenvalue weighted by molar-refractivity contribution is 6.00. The molecule has 0 radical (unpaired) electrons. The van der Waals surface area contributed by atoms with Crippen LogP contribution in [0.1, 0.15) is 94.7 Å². The molecule has 25 heteroatoms. The van der Waals surface area contributed by atoms with Crippen molar-refractivity contribution in [1.29, 1.82) is 0 Å². The smallest absolute Gasteiger partial charge is 0.251 e. The van der Waals surface area contributed by atoms with E-state index in [4.69, 9.17) is 15.2 Å². The number of fused-ring (bicyclic) bond motifs is 2. The number of phenolic OH excluding ortho intramolecular Hbond substituents is 1. The fraction of sp³-hybridized carbons (Fsp3) is 0.500. The second kappa shape index (κ2) is 30.9. The van der Waals surface area contributed by atoms with Crippen LogP contribution in [0.4, 0.5) is 0 Å². The lowest BCUT2D eigenvalue weighted by Gasteiger charge is -2.34. The van der Waals surface area contributed by atoms with Gasteiger partial charge in [-0.3, -0.25) is 33.6 Å². The highest BCUT2D eigenvalue weighted by Gasteiger charge is 2.50. The Morgan fingerprint density at radius 1 is 0.644 bits per heavy atom. The van der Waals surface area contributed by atoms with Crippen LogP contribution in [0.5, 0.6) is 11.5 Å². The van der Waals surface area contributed by atoms with Gasteiger partial charge in [-0.1, -0.05) is 87.4 Å². The molecular weight excluding hydrogens is 1130 g/mol. The number of phenols is 1. The van der Waals surface area contributed by atoms with E-state index in [2.05, 4.69) is 33.5 Å². The minimum atomic E-state index is -2.29. The van der Waals surface area contributed by atoms with Gasteiger partial charge in [0.05, 0.1) is 31.0 Å². The lowest BCUT2D eigenvalue weighted by molar-refractivity contribution is -0.149. The summed E-state index contributed by atoms with van der Waals surface area (Å²) in [6.07, 6.45) is -11.9. The first-order chi connectivity index (χ1) is 41.5. The molecule has 15 N–H and O–H groups in total. The van der Waals surface area contributed by atoms with Crippen molar-refractivity contribution in [2.24, 2.45) is 11.7 Å². The van der Waals surface area contributed by atoms with E-state index in [1.54, 1.807) is 12.1 Å². The number of aromatic hydroxyl groups is 1. The zero-order chi connectivity index (χ0) is 63.2. The number of nitrogens with one attached hydrogen (secondary N) is 5. The second-order valence-corrected chi connectivity index (χ2v) is 22.6. The molecule has 3 saturated heterocycles. The summed E-state index contributed by atoms with van der Waals surface area (Å²) in [7, 11) is 0. The van der Waals surface area contributed by atoms with Crippen LogP contribution in [0, 0.1) is 5.92 Å². The molecule has 3 fully saturated rings. The van der Waals surface area contributed by atoms with Gasteiger partial charge < -0.3 is 92.4 Å². The van der Waals surface area contributed by atoms with Gasteiger partial charge in [-0.2, -0.15) is 0 Å². The number of amides is 7. The maximum absolute atomic E-state index is 14.7. The van der Waals surface area contributed by atoms with E-state index in [0.29, 0.717) is 19.4 Å². The van der Waals surface area contributed by atoms with E-state index >= 15 is 0 Å². The van der Waals surface area contributed by atoms with Gasteiger partial charge in [0.1, 0.15) is 66.1 Å². The van der Waals surface area contributed by atoms with Crippen LogP contribution in [0.2, 0.25) is 0 Å². The first-order valence-electron chi connectivity index (χ1n) is 29.5. The van der Waals surface area contributed by atoms with Gasteiger partial charge in [0.25, 0.3) is 5.91 Å². The molecule has 3 aliphatic rings. The highest BCUT2D eigenvalue weighted by Crippen LogP contribution is 2.30. The molecule has 25 nitrogen and oxygen atoms in total. The Labute approximate surface area is 504 Å². The summed E-state index contributed by atoms with van der Waals surface area (Å²) in [6.45, 7) is 5.71. The average Bonchev–Trinajstić information content (AvgIpc) is 1.92. The third kappa shape index (κ3) is 16.9. The summed E-state index contributed by atoms with van der Waals surface area (Å²) in [5.41, 5.74) is 9.19. The Morgan fingerprint density at radius 2 is 1.18 bits per heavy atom. The zero-order valence-electron chi connectivity index (χ0n) is 49.1. The van der Waals surface area contributed by atoms with E-state index < -0.39 is 152 Å². The van der Waals surface area contributed by atoms with Crippen LogP contribution in [0.15, 0.2) is 97.1 Å². The molecule has 7 amide bonds. The van der Waals surface area contributed by atoms with Crippen molar-refractivity contribution >= 4 is 41.4 Å². The van der Waals surface area contributed by atoms with Crippen LogP contribution in [-0.2, 0) is 33.5 Å². The number of benzene rings is 4. The molecule has 4 aromatic rings. The molecular formula is C62H82N8O17. The molecule has 0 aromatic heterocycles. The van der Waals surface area contributed by atoms with Gasteiger partial charge in [-0.25, -0.2) is 0 Å². The number of hydrogen-bond donors (Lipinski definition) is 14. The largest absolute Gasteiger partial charge is 0.508 e. The molecule has 4 aromatic carbocycles. The van der Waals surface area contributed by atoms with Crippen LogP contribution in [0.25, 0.3) is 22.3 Å². The van der Waals surface area contributed by atoms with E-state index in [1.165, 1.54) is 43.3 Å². The Bertz CT molecular complexity index is 2970.